The summed E-state index contributed by atoms with van der Waals surface area (Å²) in [5.74, 6) is -6.05. The summed E-state index contributed by atoms with van der Waals surface area (Å²) < 4.78 is 58.7. The summed E-state index contributed by atoms with van der Waals surface area (Å²) in [7, 11) is -3.94. The first-order chi connectivity index (χ1) is 25.3. The van der Waals surface area contributed by atoms with Crippen LogP contribution in [-0.2, 0) is 61.3 Å². The van der Waals surface area contributed by atoms with E-state index in [-0.39, 0.29) is 32.5 Å². The van der Waals surface area contributed by atoms with E-state index in [0.717, 1.165) is 11.0 Å². The smallest absolute Gasteiger partial charge is 0.410 e. The van der Waals surface area contributed by atoms with Gasteiger partial charge in [-0.15, -0.1) is 6.58 Å². The molecule has 5 rings (SSSR count). The Morgan fingerprint density at radius 1 is 1.13 bits per heavy atom. The fourth-order valence-electron chi connectivity index (χ4n) is 7.14. The molecular weight excluding hydrogens is 725 g/mol. The Hall–Kier alpha value is -4.60. The molecule has 3 fully saturated rings. The van der Waals surface area contributed by atoms with Crippen molar-refractivity contribution in [1.82, 2.24) is 14.5 Å². The minimum absolute atomic E-state index is 0.0457. The number of Topliss-reactive ketones (excluding diaryl/α,β-unsaturated/α-hetero) is 1. The van der Waals surface area contributed by atoms with E-state index in [4.69, 9.17) is 14.2 Å². The van der Waals surface area contributed by atoms with Crippen LogP contribution in [0, 0.1) is 23.1 Å². The van der Waals surface area contributed by atoms with Crippen molar-refractivity contribution in [2.75, 3.05) is 6.54 Å². The zero-order valence-corrected chi connectivity index (χ0v) is 32.0. The summed E-state index contributed by atoms with van der Waals surface area (Å²) >= 11 is 0. The lowest BCUT2D eigenvalue weighted by molar-refractivity contribution is -0.164. The second kappa shape index (κ2) is 15.6. The topological polar surface area (TPSA) is 183 Å². The number of hydrogen-bond acceptors (Lipinski definition) is 11. The number of allylic oxidation sites excluding steroid dienone is 2. The molecule has 4 aliphatic rings. The molecule has 54 heavy (non-hydrogen) atoms. The van der Waals surface area contributed by atoms with Gasteiger partial charge in [0.1, 0.15) is 23.6 Å². The Balaban J connectivity index is 1.41. The summed E-state index contributed by atoms with van der Waals surface area (Å²) in [5, 5.41) is -0.681. The molecule has 6 atom stereocenters. The van der Waals surface area contributed by atoms with Gasteiger partial charge >= 0.3 is 18.0 Å². The van der Waals surface area contributed by atoms with Crippen molar-refractivity contribution in [3.63, 3.8) is 0 Å². The number of nitrogens with zero attached hydrogens (tertiary/aromatic N) is 2. The van der Waals surface area contributed by atoms with Gasteiger partial charge in [-0.1, -0.05) is 24.3 Å². The van der Waals surface area contributed by atoms with Crippen LogP contribution >= 0.6 is 0 Å². The maximum absolute atomic E-state index is 14.5. The molecule has 0 spiro atoms. The number of likely N-dealkylation sites (tertiary alicyclic amines) is 1. The van der Waals surface area contributed by atoms with Crippen LogP contribution in [0.3, 0.4) is 0 Å². The summed E-state index contributed by atoms with van der Waals surface area (Å²) in [4.78, 5) is 83.7. The van der Waals surface area contributed by atoms with Crippen LogP contribution in [0.5, 0.6) is 0 Å². The summed E-state index contributed by atoms with van der Waals surface area (Å²) in [6.07, 6.45) is 0.878. The Bertz CT molecular complexity index is 1850. The van der Waals surface area contributed by atoms with Gasteiger partial charge in [-0.2, -0.15) is 0 Å². The number of esters is 2. The van der Waals surface area contributed by atoms with E-state index in [9.17, 15) is 41.6 Å². The van der Waals surface area contributed by atoms with Crippen LogP contribution in [-0.4, -0.2) is 89.5 Å². The molecule has 2 aliphatic heterocycles. The SMILES string of the molecule is C=C[C@@H]1C[C@]1(CC(=O)[C@@H]1CC(OC(=O)N2Cc3cccc(F)c3C2)CN1C(=O)[C@@H](CC(=O)OC(C)(C)C)[C@@H](C)OC(=O)/C=C/C)C(=O)NS(=O)(=O)C1CC1. The number of ketones is 1. The predicted octanol–water partition coefficient (Wildman–Crippen LogP) is 3.86. The Morgan fingerprint density at radius 3 is 2.43 bits per heavy atom. The van der Waals surface area contributed by atoms with E-state index >= 15 is 0 Å². The Kier molecular flexibility index (Phi) is 11.7. The Labute approximate surface area is 314 Å². The van der Waals surface area contributed by atoms with Crippen molar-refractivity contribution in [3.8, 4) is 0 Å². The van der Waals surface area contributed by atoms with Crippen molar-refractivity contribution in [2.24, 2.45) is 17.3 Å². The average Bonchev–Trinajstić information content (AvgIpc) is 3.97. The molecule has 2 saturated carbocycles. The normalized spacial score (nSPS) is 24.7. The molecule has 1 N–H and O–H groups in total. The number of ether oxygens (including phenoxy) is 3. The summed E-state index contributed by atoms with van der Waals surface area (Å²) in [6, 6.07) is 3.25. The maximum Gasteiger partial charge on any atom is 0.410 e. The first-order valence-electron chi connectivity index (χ1n) is 18.1. The number of carbonyl (C=O) groups excluding carboxylic acids is 6. The van der Waals surface area contributed by atoms with Crippen LogP contribution in [0.25, 0.3) is 0 Å². The first-order valence-corrected chi connectivity index (χ1v) is 19.6. The molecule has 2 heterocycles. The van der Waals surface area contributed by atoms with Gasteiger partial charge in [0.25, 0.3) is 0 Å². The van der Waals surface area contributed by atoms with Crippen molar-refractivity contribution in [3.05, 3.63) is 60.0 Å². The molecule has 294 valence electrons. The van der Waals surface area contributed by atoms with Crippen LogP contribution in [0.4, 0.5) is 9.18 Å². The van der Waals surface area contributed by atoms with Crippen LogP contribution in [0.2, 0.25) is 0 Å². The van der Waals surface area contributed by atoms with Gasteiger partial charge in [0.05, 0.1) is 42.1 Å². The van der Waals surface area contributed by atoms with Gasteiger partial charge in [-0.3, -0.25) is 28.8 Å². The molecule has 1 saturated heterocycles. The maximum atomic E-state index is 14.5. The third-order valence-corrected chi connectivity index (χ3v) is 12.0. The lowest BCUT2D eigenvalue weighted by atomic mass is 9.90. The minimum Gasteiger partial charge on any atom is -0.460 e. The second-order valence-corrected chi connectivity index (χ2v) is 17.5. The van der Waals surface area contributed by atoms with E-state index in [1.807, 2.05) is 0 Å². The highest BCUT2D eigenvalue weighted by atomic mass is 32.2. The quantitative estimate of drug-likeness (QED) is 0.125. The van der Waals surface area contributed by atoms with Crippen LogP contribution in [0.1, 0.15) is 84.3 Å². The third kappa shape index (κ3) is 9.19. The molecule has 0 bridgehead atoms. The lowest BCUT2D eigenvalue weighted by Crippen LogP contribution is -2.49. The van der Waals surface area contributed by atoms with Crippen molar-refractivity contribution >= 4 is 45.7 Å². The zero-order valence-electron chi connectivity index (χ0n) is 31.2. The minimum atomic E-state index is -3.94. The monoisotopic (exact) mass is 773 g/mol. The molecule has 1 aromatic rings. The highest BCUT2D eigenvalue weighted by Crippen LogP contribution is 2.57. The fourth-order valence-corrected chi connectivity index (χ4v) is 8.52. The number of carbonyl (C=O) groups is 6. The molecule has 3 amide bonds. The molecule has 2 aliphatic carbocycles. The summed E-state index contributed by atoms with van der Waals surface area (Å²) in [6.45, 7) is 11.5. The average molecular weight is 774 g/mol. The van der Waals surface area contributed by atoms with E-state index in [0.29, 0.717) is 24.0 Å². The molecule has 16 heteroatoms. The number of rotatable bonds is 14. The second-order valence-electron chi connectivity index (χ2n) is 15.5. The number of sulfonamides is 1. The van der Waals surface area contributed by atoms with Crippen molar-refractivity contribution in [2.45, 2.75) is 115 Å². The van der Waals surface area contributed by atoms with Gasteiger partial charge in [0.15, 0.2) is 5.78 Å². The van der Waals surface area contributed by atoms with Gasteiger partial charge in [0, 0.05) is 31.0 Å². The predicted molar refractivity (Wildman–Crippen MR) is 191 cm³/mol. The fraction of sp³-hybridized carbons (Fsp3) is 0.579. The standard InChI is InChI=1S/C38H48FN3O11S/c1-7-10-32(44)51-22(3)27(16-33(45)53-37(4,5)6)34(46)42-20-25(52-36(48)41-19-23-11-9-12-29(39)28(23)21-41)15-30(42)31(43)18-38(17-24(38)8-2)35(47)40-54(49,50)26-13-14-26/h7-12,22,24-27,30H,2,13-21H2,1,3-6H3,(H,40,47)/b10-7+/t22-,24-,25?,27+,30+,38-/m1/s1. The summed E-state index contributed by atoms with van der Waals surface area (Å²) in [5.41, 5.74) is -1.37. The van der Waals surface area contributed by atoms with E-state index in [2.05, 4.69) is 11.3 Å². The number of fused-ring (bicyclic) bond motifs is 1. The third-order valence-electron chi connectivity index (χ3n) is 10.2. The van der Waals surface area contributed by atoms with Crippen LogP contribution < -0.4 is 4.72 Å². The van der Waals surface area contributed by atoms with Gasteiger partial charge in [-0.05, 0) is 71.4 Å². The van der Waals surface area contributed by atoms with Crippen LogP contribution in [0.15, 0.2) is 43.0 Å². The molecule has 1 aromatic carbocycles. The number of amides is 3. The van der Waals surface area contributed by atoms with Gasteiger partial charge in [-0.25, -0.2) is 22.4 Å². The number of nitrogens with one attached hydrogen (secondary N) is 1. The van der Waals surface area contributed by atoms with E-state index in [1.165, 1.54) is 36.1 Å². The molecule has 1 unspecified atom stereocenters. The molecule has 0 radical (unpaired) electrons. The largest absolute Gasteiger partial charge is 0.460 e. The molecule has 14 nitrogen and oxygen atoms in total. The Morgan fingerprint density at radius 2 is 1.83 bits per heavy atom. The number of hydrogen-bond donors (Lipinski definition) is 1. The highest BCUT2D eigenvalue weighted by Gasteiger charge is 2.61. The molecular formula is C38H48FN3O11S. The lowest BCUT2D eigenvalue weighted by Gasteiger charge is -2.31. The van der Waals surface area contributed by atoms with Crippen molar-refractivity contribution in [1.29, 1.82) is 0 Å². The highest BCUT2D eigenvalue weighted by molar-refractivity contribution is 7.90. The van der Waals surface area contributed by atoms with Gasteiger partial charge in [0.2, 0.25) is 21.8 Å². The first kappa shape index (κ1) is 40.6. The van der Waals surface area contributed by atoms with Gasteiger partial charge < -0.3 is 19.1 Å². The van der Waals surface area contributed by atoms with E-state index in [1.54, 1.807) is 33.8 Å². The number of benzene rings is 1. The number of halogens is 1. The zero-order chi connectivity index (χ0) is 39.7. The molecule has 0 aromatic heterocycles. The van der Waals surface area contributed by atoms with Crippen molar-refractivity contribution < 1.29 is 55.8 Å². The van der Waals surface area contributed by atoms with E-state index < -0.39 is 111 Å².